The number of nitrogens with zero attached hydrogens (tertiary/aromatic N) is 3. The lowest BCUT2D eigenvalue weighted by molar-refractivity contribution is -0.116. The summed E-state index contributed by atoms with van der Waals surface area (Å²) in [5.74, 6) is 0.545. The van der Waals surface area contributed by atoms with Gasteiger partial charge in [0, 0.05) is 23.8 Å². The van der Waals surface area contributed by atoms with Crippen LogP contribution in [0.5, 0.6) is 0 Å². The van der Waals surface area contributed by atoms with Gasteiger partial charge >= 0.3 is 0 Å². The highest BCUT2D eigenvalue weighted by Gasteiger charge is 2.19. The van der Waals surface area contributed by atoms with Gasteiger partial charge in [0.25, 0.3) is 0 Å². The van der Waals surface area contributed by atoms with Gasteiger partial charge in [-0.25, -0.2) is 0 Å². The highest BCUT2D eigenvalue weighted by Crippen LogP contribution is 2.25. The predicted octanol–water partition coefficient (Wildman–Crippen LogP) is 5.32. The van der Waals surface area contributed by atoms with E-state index in [0.29, 0.717) is 16.6 Å². The number of amides is 1. The van der Waals surface area contributed by atoms with E-state index in [2.05, 4.69) is 33.5 Å². The number of benzene rings is 2. The molecule has 1 aliphatic carbocycles. The van der Waals surface area contributed by atoms with Crippen molar-refractivity contribution >= 4 is 23.8 Å². The van der Waals surface area contributed by atoms with E-state index in [1.165, 1.54) is 32.1 Å². The van der Waals surface area contributed by atoms with Gasteiger partial charge in [-0.15, -0.1) is 0 Å². The van der Waals surface area contributed by atoms with Crippen molar-refractivity contribution in [3.8, 4) is 11.4 Å². The third-order valence-corrected chi connectivity index (χ3v) is 6.56. The van der Waals surface area contributed by atoms with E-state index in [-0.39, 0.29) is 12.5 Å². The number of aromatic amines is 1. The fraction of sp³-hybridized carbons (Fsp3) is 0.400. The molecule has 1 saturated carbocycles. The van der Waals surface area contributed by atoms with Gasteiger partial charge in [-0.3, -0.25) is 19.4 Å². The first-order valence-corrected chi connectivity index (χ1v) is 11.7. The second-order valence-corrected chi connectivity index (χ2v) is 9.11. The molecule has 0 saturated heterocycles. The van der Waals surface area contributed by atoms with Gasteiger partial charge in [0.2, 0.25) is 5.91 Å². The summed E-state index contributed by atoms with van der Waals surface area (Å²) in [5.41, 5.74) is 4.04. The first kappa shape index (κ1) is 22.4. The third kappa shape index (κ3) is 5.34. The van der Waals surface area contributed by atoms with E-state index < -0.39 is 0 Å². The summed E-state index contributed by atoms with van der Waals surface area (Å²) in [5, 5.41) is 10.3. The summed E-state index contributed by atoms with van der Waals surface area (Å²) in [6.45, 7) is 2.95. The van der Waals surface area contributed by atoms with Crippen LogP contribution in [0, 0.1) is 11.7 Å². The van der Waals surface area contributed by atoms with Crippen molar-refractivity contribution in [2.24, 2.45) is 0 Å². The third-order valence-electron chi connectivity index (χ3n) is 6.25. The minimum absolute atomic E-state index is 0.103. The second kappa shape index (κ2) is 10.2. The zero-order valence-electron chi connectivity index (χ0n) is 18.8. The average molecular weight is 450 g/mol. The summed E-state index contributed by atoms with van der Waals surface area (Å²) in [4.78, 5) is 15.4. The quantitative estimate of drug-likeness (QED) is 0.479. The number of para-hydroxylation sites is 1. The SMILES string of the molecule is Cc1cccc(-c2n[nH]c(=S)n2CC(=O)Nc2ccccc2CN(C)C2CCCCC2)c1. The number of H-pyrrole nitrogens is 1. The number of aromatic nitrogens is 3. The Bertz CT molecular complexity index is 1130. The molecule has 1 aliphatic rings. The number of aryl methyl sites for hydroxylation is 1. The second-order valence-electron chi connectivity index (χ2n) is 8.72. The fourth-order valence-corrected chi connectivity index (χ4v) is 4.70. The zero-order chi connectivity index (χ0) is 22.5. The molecule has 1 amide bonds. The van der Waals surface area contributed by atoms with Gasteiger partial charge in [0.1, 0.15) is 6.54 Å². The fourth-order valence-electron chi connectivity index (χ4n) is 4.50. The molecule has 32 heavy (non-hydrogen) atoms. The average Bonchev–Trinajstić information content (AvgIpc) is 3.15. The number of nitrogens with one attached hydrogen (secondary N) is 2. The van der Waals surface area contributed by atoms with Crippen LogP contribution in [0.2, 0.25) is 0 Å². The van der Waals surface area contributed by atoms with Crippen LogP contribution in [-0.2, 0) is 17.9 Å². The lowest BCUT2D eigenvalue weighted by Gasteiger charge is -2.31. The van der Waals surface area contributed by atoms with Crippen LogP contribution in [0.4, 0.5) is 5.69 Å². The number of rotatable bonds is 7. The summed E-state index contributed by atoms with van der Waals surface area (Å²) >= 11 is 5.40. The lowest BCUT2D eigenvalue weighted by atomic mass is 9.94. The summed E-state index contributed by atoms with van der Waals surface area (Å²) in [6, 6.07) is 16.7. The van der Waals surface area contributed by atoms with Gasteiger partial charge in [0.15, 0.2) is 10.6 Å². The Morgan fingerprint density at radius 3 is 2.75 bits per heavy atom. The molecule has 3 aromatic rings. The Balaban J connectivity index is 1.48. The number of carbonyl (C=O) groups excluding carboxylic acids is 1. The Morgan fingerprint density at radius 2 is 1.97 bits per heavy atom. The zero-order valence-corrected chi connectivity index (χ0v) is 19.6. The normalized spacial score (nSPS) is 14.6. The highest BCUT2D eigenvalue weighted by molar-refractivity contribution is 7.71. The standard InChI is InChI=1S/C25H31N5OS/c1-18-9-8-11-19(15-18)24-27-28-25(32)30(24)17-23(31)26-22-14-7-6-10-20(22)16-29(2)21-12-4-3-5-13-21/h6-11,14-15,21H,3-5,12-13,16-17H2,1-2H3,(H,26,31)(H,28,32). The molecular formula is C25H31N5OS. The maximum atomic E-state index is 13.0. The molecule has 6 nitrogen and oxygen atoms in total. The van der Waals surface area contributed by atoms with Crippen molar-refractivity contribution in [3.05, 3.63) is 64.4 Å². The van der Waals surface area contributed by atoms with Crippen molar-refractivity contribution in [3.63, 3.8) is 0 Å². The monoisotopic (exact) mass is 449 g/mol. The Hall–Kier alpha value is -2.77. The van der Waals surface area contributed by atoms with Gasteiger partial charge < -0.3 is 5.32 Å². The summed E-state index contributed by atoms with van der Waals surface area (Å²) in [7, 11) is 2.19. The molecule has 0 bridgehead atoms. The van der Waals surface area contributed by atoms with Crippen molar-refractivity contribution in [2.45, 2.75) is 58.2 Å². The minimum Gasteiger partial charge on any atom is -0.324 e. The van der Waals surface area contributed by atoms with E-state index in [9.17, 15) is 4.79 Å². The van der Waals surface area contributed by atoms with Crippen LogP contribution >= 0.6 is 12.2 Å². The molecular weight excluding hydrogens is 418 g/mol. The maximum absolute atomic E-state index is 13.0. The van der Waals surface area contributed by atoms with Gasteiger partial charge in [-0.1, -0.05) is 61.2 Å². The Kier molecular flexibility index (Phi) is 7.17. The molecule has 2 aromatic carbocycles. The van der Waals surface area contributed by atoms with Crippen molar-refractivity contribution in [1.82, 2.24) is 19.7 Å². The molecule has 1 fully saturated rings. The van der Waals surface area contributed by atoms with Crippen molar-refractivity contribution in [2.75, 3.05) is 12.4 Å². The van der Waals surface area contributed by atoms with Gasteiger partial charge in [0.05, 0.1) is 0 Å². The number of hydrogen-bond acceptors (Lipinski definition) is 4. The molecule has 0 spiro atoms. The van der Waals surface area contributed by atoms with E-state index in [1.807, 2.05) is 49.4 Å². The van der Waals surface area contributed by atoms with Crippen LogP contribution in [0.15, 0.2) is 48.5 Å². The number of anilines is 1. The van der Waals surface area contributed by atoms with Crippen molar-refractivity contribution in [1.29, 1.82) is 0 Å². The van der Waals surface area contributed by atoms with Crippen LogP contribution in [-0.4, -0.2) is 38.7 Å². The molecule has 7 heteroatoms. The topological polar surface area (TPSA) is 66.0 Å². The van der Waals surface area contributed by atoms with Crippen LogP contribution in [0.1, 0.15) is 43.2 Å². The molecule has 0 unspecified atom stereocenters. The molecule has 0 radical (unpaired) electrons. The summed E-state index contributed by atoms with van der Waals surface area (Å²) in [6.07, 6.45) is 6.47. The molecule has 2 N–H and O–H groups in total. The van der Waals surface area contributed by atoms with E-state index in [4.69, 9.17) is 12.2 Å². The minimum atomic E-state index is -0.121. The first-order valence-electron chi connectivity index (χ1n) is 11.3. The van der Waals surface area contributed by atoms with Gasteiger partial charge in [-0.2, -0.15) is 5.10 Å². The smallest absolute Gasteiger partial charge is 0.244 e. The Labute approximate surface area is 194 Å². The maximum Gasteiger partial charge on any atom is 0.244 e. The molecule has 168 valence electrons. The summed E-state index contributed by atoms with van der Waals surface area (Å²) < 4.78 is 2.18. The molecule has 1 heterocycles. The van der Waals surface area contributed by atoms with Crippen LogP contribution in [0.25, 0.3) is 11.4 Å². The predicted molar refractivity (Wildman–Crippen MR) is 131 cm³/mol. The van der Waals surface area contributed by atoms with E-state index in [1.54, 1.807) is 4.57 Å². The lowest BCUT2D eigenvalue weighted by Crippen LogP contribution is -2.33. The Morgan fingerprint density at radius 1 is 1.19 bits per heavy atom. The molecule has 1 aromatic heterocycles. The van der Waals surface area contributed by atoms with Crippen molar-refractivity contribution < 1.29 is 4.79 Å². The molecule has 0 atom stereocenters. The van der Waals surface area contributed by atoms with E-state index >= 15 is 0 Å². The number of carbonyl (C=O) groups is 1. The molecule has 0 aliphatic heterocycles. The largest absolute Gasteiger partial charge is 0.324 e. The van der Waals surface area contributed by atoms with E-state index in [0.717, 1.165) is 28.9 Å². The van der Waals surface area contributed by atoms with Crippen LogP contribution < -0.4 is 5.32 Å². The molecule has 4 rings (SSSR count). The first-order chi connectivity index (χ1) is 15.5. The number of hydrogen-bond donors (Lipinski definition) is 2. The van der Waals surface area contributed by atoms with Gasteiger partial charge in [-0.05, 0) is 56.7 Å². The highest BCUT2D eigenvalue weighted by atomic mass is 32.1. The van der Waals surface area contributed by atoms with Crippen LogP contribution in [0.3, 0.4) is 0 Å².